The van der Waals surface area contributed by atoms with E-state index >= 15 is 0 Å². The summed E-state index contributed by atoms with van der Waals surface area (Å²) in [6, 6.07) is 7.36. The van der Waals surface area contributed by atoms with Crippen LogP contribution in [0, 0.1) is 12.8 Å². The van der Waals surface area contributed by atoms with Gasteiger partial charge < -0.3 is 0 Å². The second kappa shape index (κ2) is 3.48. The Kier molecular flexibility index (Phi) is 2.14. The molecule has 2 aliphatic heterocycles. The van der Waals surface area contributed by atoms with Gasteiger partial charge in [-0.3, -0.25) is 9.59 Å². The van der Waals surface area contributed by atoms with Gasteiger partial charge in [0.15, 0.2) is 5.54 Å². The van der Waals surface area contributed by atoms with Crippen LogP contribution in [0.5, 0.6) is 0 Å². The Hall–Kier alpha value is -2.04. The van der Waals surface area contributed by atoms with Crippen LogP contribution in [-0.2, 0) is 9.59 Å². The van der Waals surface area contributed by atoms with Crippen LogP contribution in [0.1, 0.15) is 12.5 Å². The minimum absolute atomic E-state index is 0.196. The van der Waals surface area contributed by atoms with Gasteiger partial charge in [0.2, 0.25) is 5.91 Å². The second-order valence-corrected chi connectivity index (χ2v) is 4.94. The van der Waals surface area contributed by atoms with Crippen molar-refractivity contribution in [2.24, 2.45) is 16.1 Å². The molecule has 0 aromatic heterocycles. The number of imide groups is 1. The molecule has 3 rings (SSSR count). The van der Waals surface area contributed by atoms with E-state index in [1.807, 2.05) is 25.1 Å². The maximum atomic E-state index is 12.4. The fourth-order valence-electron chi connectivity index (χ4n) is 2.52. The number of benzene rings is 1. The molecule has 1 aromatic carbocycles. The van der Waals surface area contributed by atoms with Gasteiger partial charge in [-0.1, -0.05) is 12.1 Å². The standard InChI is InChI=1S/C13H13N3O2/c1-8-4-3-5-9(6-8)16-11(17)10-7-14-15-13(10,2)12(16)18/h3-6,10H,7H2,1-2H3/t10-,13-/m0/s1. The van der Waals surface area contributed by atoms with E-state index in [1.54, 1.807) is 13.0 Å². The predicted molar refractivity (Wildman–Crippen MR) is 65.3 cm³/mol. The highest BCUT2D eigenvalue weighted by Crippen LogP contribution is 2.40. The van der Waals surface area contributed by atoms with Gasteiger partial charge >= 0.3 is 0 Å². The Morgan fingerprint density at radius 3 is 2.83 bits per heavy atom. The van der Waals surface area contributed by atoms with Crippen molar-refractivity contribution in [3.05, 3.63) is 29.8 Å². The van der Waals surface area contributed by atoms with E-state index in [0.29, 0.717) is 12.2 Å². The third-order valence-corrected chi connectivity index (χ3v) is 3.64. The molecule has 0 aliphatic carbocycles. The molecule has 0 unspecified atom stereocenters. The zero-order chi connectivity index (χ0) is 12.9. The average molecular weight is 243 g/mol. The van der Waals surface area contributed by atoms with Crippen LogP contribution in [0.15, 0.2) is 34.5 Å². The van der Waals surface area contributed by atoms with Gasteiger partial charge in [-0.05, 0) is 31.5 Å². The lowest BCUT2D eigenvalue weighted by molar-refractivity contribution is -0.122. The van der Waals surface area contributed by atoms with Gasteiger partial charge in [0.05, 0.1) is 18.2 Å². The first kappa shape index (κ1) is 11.1. The summed E-state index contributed by atoms with van der Waals surface area (Å²) in [5, 5.41) is 7.82. The highest BCUT2D eigenvalue weighted by molar-refractivity contribution is 6.25. The van der Waals surface area contributed by atoms with E-state index in [9.17, 15) is 9.59 Å². The van der Waals surface area contributed by atoms with Crippen molar-refractivity contribution < 1.29 is 9.59 Å². The SMILES string of the molecule is Cc1cccc(N2C(=O)[C@@H]3CN=N[C@]3(C)C2=O)c1. The van der Waals surface area contributed by atoms with Gasteiger partial charge in [0, 0.05) is 0 Å². The first-order chi connectivity index (χ1) is 8.54. The van der Waals surface area contributed by atoms with Gasteiger partial charge in [-0.2, -0.15) is 10.2 Å². The molecule has 1 aromatic rings. The lowest BCUT2D eigenvalue weighted by Crippen LogP contribution is -2.37. The summed E-state index contributed by atoms with van der Waals surface area (Å²) >= 11 is 0. The van der Waals surface area contributed by atoms with Crippen LogP contribution < -0.4 is 4.90 Å². The monoisotopic (exact) mass is 243 g/mol. The van der Waals surface area contributed by atoms with Crippen molar-refractivity contribution in [3.8, 4) is 0 Å². The van der Waals surface area contributed by atoms with E-state index < -0.39 is 11.5 Å². The number of carbonyl (C=O) groups excluding carboxylic acids is 2. The van der Waals surface area contributed by atoms with Crippen LogP contribution in [0.3, 0.4) is 0 Å². The first-order valence-electron chi connectivity index (χ1n) is 5.88. The fraction of sp³-hybridized carbons (Fsp3) is 0.385. The lowest BCUT2D eigenvalue weighted by atomic mass is 9.90. The third kappa shape index (κ3) is 1.27. The van der Waals surface area contributed by atoms with Crippen molar-refractivity contribution >= 4 is 17.5 Å². The summed E-state index contributed by atoms with van der Waals surface area (Å²) in [5.41, 5.74) is 0.633. The number of nitrogens with zero attached hydrogens (tertiary/aromatic N) is 3. The van der Waals surface area contributed by atoms with Gasteiger partial charge in [0.25, 0.3) is 5.91 Å². The van der Waals surface area contributed by atoms with E-state index in [4.69, 9.17) is 0 Å². The number of amides is 2. The quantitative estimate of drug-likeness (QED) is 0.705. The lowest BCUT2D eigenvalue weighted by Gasteiger charge is -2.17. The highest BCUT2D eigenvalue weighted by Gasteiger charge is 2.59. The molecule has 0 radical (unpaired) electrons. The summed E-state index contributed by atoms with van der Waals surface area (Å²) < 4.78 is 0. The van der Waals surface area contributed by atoms with Gasteiger partial charge in [-0.15, -0.1) is 0 Å². The van der Waals surface area contributed by atoms with Crippen LogP contribution in [0.2, 0.25) is 0 Å². The zero-order valence-corrected chi connectivity index (χ0v) is 10.3. The molecule has 2 amide bonds. The van der Waals surface area contributed by atoms with Crippen molar-refractivity contribution in [3.63, 3.8) is 0 Å². The van der Waals surface area contributed by atoms with E-state index in [0.717, 1.165) is 5.56 Å². The molecule has 1 fully saturated rings. The molecular formula is C13H13N3O2. The van der Waals surface area contributed by atoms with Crippen LogP contribution >= 0.6 is 0 Å². The van der Waals surface area contributed by atoms with E-state index in [1.165, 1.54) is 4.90 Å². The molecular weight excluding hydrogens is 230 g/mol. The number of hydrogen-bond acceptors (Lipinski definition) is 4. The Morgan fingerprint density at radius 2 is 2.17 bits per heavy atom. The van der Waals surface area contributed by atoms with Crippen molar-refractivity contribution in [1.29, 1.82) is 0 Å². The molecule has 5 heteroatoms. The number of aryl methyl sites for hydroxylation is 1. The predicted octanol–water partition coefficient (Wildman–Crippen LogP) is 1.71. The maximum absolute atomic E-state index is 12.4. The van der Waals surface area contributed by atoms with Crippen molar-refractivity contribution in [2.75, 3.05) is 11.4 Å². The Balaban J connectivity index is 2.07. The molecule has 92 valence electrons. The molecule has 0 N–H and O–H groups in total. The number of azo groups is 1. The number of carbonyl (C=O) groups is 2. The number of rotatable bonds is 1. The average Bonchev–Trinajstić information content (AvgIpc) is 2.79. The molecule has 0 bridgehead atoms. The van der Waals surface area contributed by atoms with Crippen LogP contribution in [0.25, 0.3) is 0 Å². The zero-order valence-electron chi connectivity index (χ0n) is 10.3. The summed E-state index contributed by atoms with van der Waals surface area (Å²) in [6.07, 6.45) is 0. The minimum Gasteiger partial charge on any atom is -0.274 e. The summed E-state index contributed by atoms with van der Waals surface area (Å²) in [7, 11) is 0. The molecule has 2 atom stereocenters. The summed E-state index contributed by atoms with van der Waals surface area (Å²) in [5.74, 6) is -0.909. The second-order valence-electron chi connectivity index (χ2n) is 4.94. The maximum Gasteiger partial charge on any atom is 0.264 e. The Labute approximate surface area is 105 Å². The Morgan fingerprint density at radius 1 is 1.39 bits per heavy atom. The van der Waals surface area contributed by atoms with Crippen LogP contribution in [-0.4, -0.2) is 23.9 Å². The topological polar surface area (TPSA) is 62.1 Å². The molecule has 2 aliphatic rings. The van der Waals surface area contributed by atoms with Crippen molar-refractivity contribution in [2.45, 2.75) is 19.4 Å². The molecule has 18 heavy (non-hydrogen) atoms. The molecule has 0 saturated carbocycles. The van der Waals surface area contributed by atoms with Crippen molar-refractivity contribution in [1.82, 2.24) is 0 Å². The number of fused-ring (bicyclic) bond motifs is 1. The summed E-state index contributed by atoms with van der Waals surface area (Å²) in [6.45, 7) is 3.92. The molecule has 1 saturated heterocycles. The highest BCUT2D eigenvalue weighted by atomic mass is 16.2. The molecule has 2 heterocycles. The summed E-state index contributed by atoms with van der Waals surface area (Å²) in [4.78, 5) is 25.9. The normalized spacial score (nSPS) is 30.1. The van der Waals surface area contributed by atoms with E-state index in [-0.39, 0.29) is 11.8 Å². The number of anilines is 1. The third-order valence-electron chi connectivity index (χ3n) is 3.64. The first-order valence-corrected chi connectivity index (χ1v) is 5.88. The smallest absolute Gasteiger partial charge is 0.264 e. The van der Waals surface area contributed by atoms with E-state index in [2.05, 4.69) is 10.2 Å². The van der Waals surface area contributed by atoms with Gasteiger partial charge in [-0.25, -0.2) is 4.90 Å². The largest absolute Gasteiger partial charge is 0.274 e. The minimum atomic E-state index is -0.999. The Bertz CT molecular complexity index is 581. The molecule has 5 nitrogen and oxygen atoms in total. The fourth-order valence-corrected chi connectivity index (χ4v) is 2.52. The molecule has 0 spiro atoms. The number of hydrogen-bond donors (Lipinski definition) is 0. The van der Waals surface area contributed by atoms with Gasteiger partial charge in [0.1, 0.15) is 0 Å². The van der Waals surface area contributed by atoms with Crippen LogP contribution in [0.4, 0.5) is 5.69 Å².